The summed E-state index contributed by atoms with van der Waals surface area (Å²) in [7, 11) is 0. The zero-order chi connectivity index (χ0) is 14.0. The second kappa shape index (κ2) is 8.57. The molecule has 20 heavy (non-hydrogen) atoms. The van der Waals surface area contributed by atoms with Crippen molar-refractivity contribution >= 4 is 0 Å². The molecule has 2 rings (SSSR count). The molecule has 1 saturated carbocycles. The fourth-order valence-corrected chi connectivity index (χ4v) is 1.89. The number of ether oxygens (including phenoxy) is 2. The summed E-state index contributed by atoms with van der Waals surface area (Å²) in [6.45, 7) is 3.71. The number of nitriles is 1. The predicted molar refractivity (Wildman–Crippen MR) is 77.4 cm³/mol. The lowest BCUT2D eigenvalue weighted by Gasteiger charge is -2.07. The molecule has 0 aromatic heterocycles. The van der Waals surface area contributed by atoms with Crippen molar-refractivity contribution in [2.75, 3.05) is 26.4 Å². The lowest BCUT2D eigenvalue weighted by Crippen LogP contribution is -2.16. The Morgan fingerprint density at radius 1 is 1.25 bits per heavy atom. The van der Waals surface area contributed by atoms with Crippen molar-refractivity contribution < 1.29 is 9.47 Å². The van der Waals surface area contributed by atoms with Gasteiger partial charge >= 0.3 is 0 Å². The molecule has 0 amide bonds. The largest absolute Gasteiger partial charge is 0.479 e. The van der Waals surface area contributed by atoms with Gasteiger partial charge in [0.05, 0.1) is 0 Å². The first kappa shape index (κ1) is 14.8. The normalized spacial score (nSPS) is 13.9. The minimum absolute atomic E-state index is 0.0957. The van der Waals surface area contributed by atoms with Crippen LogP contribution in [0.1, 0.15) is 24.8 Å². The Kier molecular flexibility index (Phi) is 6.36. The summed E-state index contributed by atoms with van der Waals surface area (Å²) < 4.78 is 10.8. The summed E-state index contributed by atoms with van der Waals surface area (Å²) in [6.07, 6.45) is 3.76. The van der Waals surface area contributed by atoms with Crippen molar-refractivity contribution in [2.24, 2.45) is 5.92 Å². The summed E-state index contributed by atoms with van der Waals surface area (Å²) in [4.78, 5) is 0. The second-order valence-electron chi connectivity index (χ2n) is 5.14. The van der Waals surface area contributed by atoms with Gasteiger partial charge in [0.1, 0.15) is 11.8 Å². The molecule has 0 atom stereocenters. The highest BCUT2D eigenvalue weighted by atomic mass is 16.5. The number of nitrogens with zero attached hydrogens (tertiary/aromatic N) is 1. The number of benzene rings is 1. The summed E-state index contributed by atoms with van der Waals surface area (Å²) in [5.41, 5.74) is 1.22. The highest BCUT2D eigenvalue weighted by Gasteiger charge is 2.20. The van der Waals surface area contributed by atoms with Crippen molar-refractivity contribution in [3.05, 3.63) is 29.8 Å². The van der Waals surface area contributed by atoms with Crippen molar-refractivity contribution in [2.45, 2.75) is 25.8 Å². The van der Waals surface area contributed by atoms with Crippen LogP contribution in [0.5, 0.6) is 5.75 Å². The molecule has 1 fully saturated rings. The SMILES string of the molecule is N#CCOc1ccc(CNCCCOCC2CC2)cc1. The lowest BCUT2D eigenvalue weighted by atomic mass is 10.2. The molecule has 0 unspecified atom stereocenters. The average Bonchev–Trinajstić information content (AvgIpc) is 3.29. The van der Waals surface area contributed by atoms with E-state index in [2.05, 4.69) is 5.32 Å². The predicted octanol–water partition coefficient (Wildman–Crippen LogP) is 2.50. The van der Waals surface area contributed by atoms with Gasteiger partial charge < -0.3 is 14.8 Å². The first-order valence-corrected chi connectivity index (χ1v) is 7.25. The molecule has 0 bridgehead atoms. The molecule has 4 nitrogen and oxygen atoms in total. The van der Waals surface area contributed by atoms with E-state index >= 15 is 0 Å². The van der Waals surface area contributed by atoms with Crippen LogP contribution >= 0.6 is 0 Å². The van der Waals surface area contributed by atoms with Gasteiger partial charge in [-0.3, -0.25) is 0 Å². The molecule has 0 saturated heterocycles. The topological polar surface area (TPSA) is 54.3 Å². The fraction of sp³-hybridized carbons (Fsp3) is 0.562. The van der Waals surface area contributed by atoms with E-state index in [1.54, 1.807) is 0 Å². The first-order chi connectivity index (χ1) is 9.88. The maximum absolute atomic E-state index is 8.43. The van der Waals surface area contributed by atoms with E-state index in [1.807, 2.05) is 30.3 Å². The Bertz CT molecular complexity index is 421. The molecule has 108 valence electrons. The maximum Gasteiger partial charge on any atom is 0.174 e. The van der Waals surface area contributed by atoms with Crippen LogP contribution in [0.2, 0.25) is 0 Å². The van der Waals surface area contributed by atoms with Crippen molar-refractivity contribution in [1.29, 1.82) is 5.26 Å². The Labute approximate surface area is 120 Å². The van der Waals surface area contributed by atoms with E-state index in [0.29, 0.717) is 0 Å². The minimum Gasteiger partial charge on any atom is -0.479 e. The summed E-state index contributed by atoms with van der Waals surface area (Å²) in [5, 5.41) is 11.8. The van der Waals surface area contributed by atoms with Gasteiger partial charge in [-0.25, -0.2) is 0 Å². The monoisotopic (exact) mass is 274 g/mol. The van der Waals surface area contributed by atoms with E-state index < -0.39 is 0 Å². The van der Waals surface area contributed by atoms with Crippen LogP contribution in [-0.4, -0.2) is 26.4 Å². The van der Waals surface area contributed by atoms with Crippen LogP contribution in [0.4, 0.5) is 0 Å². The van der Waals surface area contributed by atoms with Crippen molar-refractivity contribution in [3.63, 3.8) is 0 Å². The zero-order valence-electron chi connectivity index (χ0n) is 11.8. The van der Waals surface area contributed by atoms with Crippen molar-refractivity contribution in [3.8, 4) is 11.8 Å². The minimum atomic E-state index is 0.0957. The Balaban J connectivity index is 1.51. The van der Waals surface area contributed by atoms with Gasteiger partial charge in [0.15, 0.2) is 6.61 Å². The molecular weight excluding hydrogens is 252 g/mol. The quantitative estimate of drug-likeness (QED) is 0.666. The fourth-order valence-electron chi connectivity index (χ4n) is 1.89. The summed E-state index contributed by atoms with van der Waals surface area (Å²) in [6, 6.07) is 9.78. The third-order valence-corrected chi connectivity index (χ3v) is 3.25. The van der Waals surface area contributed by atoms with Crippen LogP contribution in [0, 0.1) is 17.2 Å². The zero-order valence-corrected chi connectivity index (χ0v) is 11.8. The van der Waals surface area contributed by atoms with Crippen LogP contribution in [0.25, 0.3) is 0 Å². The number of rotatable bonds is 10. The molecule has 0 heterocycles. The Morgan fingerprint density at radius 3 is 2.75 bits per heavy atom. The lowest BCUT2D eigenvalue weighted by molar-refractivity contribution is 0.122. The summed E-state index contributed by atoms with van der Waals surface area (Å²) in [5.74, 6) is 1.59. The Morgan fingerprint density at radius 2 is 2.05 bits per heavy atom. The molecule has 1 aliphatic carbocycles. The maximum atomic E-state index is 8.43. The number of hydrogen-bond acceptors (Lipinski definition) is 4. The van der Waals surface area contributed by atoms with E-state index in [4.69, 9.17) is 14.7 Å². The average molecular weight is 274 g/mol. The van der Waals surface area contributed by atoms with E-state index in [-0.39, 0.29) is 6.61 Å². The number of hydrogen-bond donors (Lipinski definition) is 1. The third kappa shape index (κ3) is 6.05. The molecule has 0 aliphatic heterocycles. The van der Waals surface area contributed by atoms with Gasteiger partial charge in [-0.2, -0.15) is 5.26 Å². The van der Waals surface area contributed by atoms with E-state index in [9.17, 15) is 0 Å². The highest BCUT2D eigenvalue weighted by Crippen LogP contribution is 2.28. The highest BCUT2D eigenvalue weighted by molar-refractivity contribution is 5.27. The van der Waals surface area contributed by atoms with E-state index in [0.717, 1.165) is 44.4 Å². The Hall–Kier alpha value is -1.57. The smallest absolute Gasteiger partial charge is 0.174 e. The second-order valence-corrected chi connectivity index (χ2v) is 5.14. The van der Waals surface area contributed by atoms with Crippen LogP contribution < -0.4 is 10.1 Å². The molecule has 0 spiro atoms. The van der Waals surface area contributed by atoms with Crippen LogP contribution in [0.15, 0.2) is 24.3 Å². The first-order valence-electron chi connectivity index (χ1n) is 7.25. The molecule has 0 radical (unpaired) electrons. The molecule has 4 heteroatoms. The van der Waals surface area contributed by atoms with Gasteiger partial charge in [0, 0.05) is 19.8 Å². The summed E-state index contributed by atoms with van der Waals surface area (Å²) >= 11 is 0. The molecule has 1 aromatic carbocycles. The van der Waals surface area contributed by atoms with Crippen LogP contribution in [0.3, 0.4) is 0 Å². The molecule has 1 N–H and O–H groups in total. The standard InChI is InChI=1S/C16H22N2O2/c17-8-11-20-16-6-4-14(5-7-16)12-18-9-1-10-19-13-15-2-3-15/h4-7,15,18H,1-3,9-13H2. The van der Waals surface area contributed by atoms with Gasteiger partial charge in [-0.05, 0) is 49.4 Å². The van der Waals surface area contributed by atoms with Gasteiger partial charge in [0.25, 0.3) is 0 Å². The molecule has 1 aromatic rings. The third-order valence-electron chi connectivity index (χ3n) is 3.25. The number of nitrogens with one attached hydrogen (secondary N) is 1. The molecule has 1 aliphatic rings. The molecular formula is C16H22N2O2. The van der Waals surface area contributed by atoms with E-state index in [1.165, 1.54) is 18.4 Å². The van der Waals surface area contributed by atoms with Crippen molar-refractivity contribution in [1.82, 2.24) is 5.32 Å². The van der Waals surface area contributed by atoms with Gasteiger partial charge in [-0.15, -0.1) is 0 Å². The van der Waals surface area contributed by atoms with Gasteiger partial charge in [0.2, 0.25) is 0 Å². The van der Waals surface area contributed by atoms with Crippen LogP contribution in [-0.2, 0) is 11.3 Å². The van der Waals surface area contributed by atoms with Gasteiger partial charge in [-0.1, -0.05) is 12.1 Å².